The van der Waals surface area contributed by atoms with Gasteiger partial charge < -0.3 is 4.74 Å². The molecule has 1 amide bonds. The van der Waals surface area contributed by atoms with Gasteiger partial charge in [0.15, 0.2) is 5.13 Å². The summed E-state index contributed by atoms with van der Waals surface area (Å²) in [5, 5.41) is 5.49. The number of rotatable bonds is 5. The van der Waals surface area contributed by atoms with E-state index in [4.69, 9.17) is 4.74 Å². The molecule has 6 heteroatoms. The maximum absolute atomic E-state index is 12.6. The maximum atomic E-state index is 12.6. The molecule has 0 aliphatic heterocycles. The van der Waals surface area contributed by atoms with Gasteiger partial charge >= 0.3 is 0 Å². The Kier molecular flexibility index (Phi) is 5.15. The van der Waals surface area contributed by atoms with E-state index in [1.54, 1.807) is 0 Å². The summed E-state index contributed by atoms with van der Waals surface area (Å²) in [5.41, 5.74) is 5.38. The van der Waals surface area contributed by atoms with Crippen molar-refractivity contribution in [2.75, 3.05) is 5.32 Å². The highest BCUT2D eigenvalue weighted by Gasteiger charge is 2.13. The van der Waals surface area contributed by atoms with Gasteiger partial charge in [-0.25, -0.2) is 4.98 Å². The summed E-state index contributed by atoms with van der Waals surface area (Å²) < 4.78 is 6.96. The van der Waals surface area contributed by atoms with Crippen molar-refractivity contribution in [3.63, 3.8) is 0 Å². The van der Waals surface area contributed by atoms with Gasteiger partial charge in [0, 0.05) is 5.56 Å². The van der Waals surface area contributed by atoms with Crippen LogP contribution in [0.1, 0.15) is 31.9 Å². The van der Waals surface area contributed by atoms with E-state index in [0.717, 1.165) is 27.1 Å². The van der Waals surface area contributed by atoms with Crippen molar-refractivity contribution < 1.29 is 9.53 Å². The van der Waals surface area contributed by atoms with Crippen molar-refractivity contribution in [2.24, 2.45) is 0 Å². The molecule has 4 rings (SSSR count). The molecular weight excluding hydrogens is 388 g/mol. The number of anilines is 1. The lowest BCUT2D eigenvalue weighted by Gasteiger charge is -2.07. The zero-order valence-electron chi connectivity index (χ0n) is 15.9. The van der Waals surface area contributed by atoms with Crippen LogP contribution in [0.15, 0.2) is 47.8 Å². The molecule has 0 saturated heterocycles. The zero-order valence-corrected chi connectivity index (χ0v) is 17.5. The van der Waals surface area contributed by atoms with Gasteiger partial charge in [-0.3, -0.25) is 10.1 Å². The van der Waals surface area contributed by atoms with Crippen molar-refractivity contribution >= 4 is 43.9 Å². The van der Waals surface area contributed by atoms with Crippen molar-refractivity contribution in [3.8, 4) is 5.75 Å². The third-order valence-electron chi connectivity index (χ3n) is 4.32. The molecule has 1 N–H and O–H groups in total. The van der Waals surface area contributed by atoms with Crippen LogP contribution in [0, 0.1) is 20.8 Å². The van der Waals surface area contributed by atoms with E-state index < -0.39 is 0 Å². The molecule has 4 nitrogen and oxygen atoms in total. The molecule has 0 aliphatic carbocycles. The minimum absolute atomic E-state index is 0.139. The molecule has 0 atom stereocenters. The van der Waals surface area contributed by atoms with Gasteiger partial charge in [-0.15, -0.1) is 11.3 Å². The van der Waals surface area contributed by atoms with E-state index in [1.807, 2.05) is 48.7 Å². The molecule has 4 aromatic rings. The molecule has 2 heterocycles. The fourth-order valence-corrected chi connectivity index (χ4v) is 4.78. The zero-order chi connectivity index (χ0) is 19.7. The van der Waals surface area contributed by atoms with Gasteiger partial charge in [-0.2, -0.15) is 0 Å². The van der Waals surface area contributed by atoms with E-state index in [9.17, 15) is 4.79 Å². The number of aromatic nitrogens is 1. The second kappa shape index (κ2) is 7.73. The van der Waals surface area contributed by atoms with Gasteiger partial charge in [-0.1, -0.05) is 29.5 Å². The fraction of sp³-hybridized carbons (Fsp3) is 0.182. The summed E-state index contributed by atoms with van der Waals surface area (Å²) in [6, 6.07) is 14.1. The number of hydrogen-bond donors (Lipinski definition) is 1. The van der Waals surface area contributed by atoms with Crippen molar-refractivity contribution in [1.82, 2.24) is 4.98 Å². The first-order valence-electron chi connectivity index (χ1n) is 8.94. The molecule has 28 heavy (non-hydrogen) atoms. The SMILES string of the molecule is Cc1cc(C)cc(OCc2csc(C(=O)Nc3nc4c(C)cccc4s3)c2)c1. The number of thiophene rings is 1. The average molecular weight is 409 g/mol. The van der Waals surface area contributed by atoms with Gasteiger partial charge in [0.05, 0.1) is 15.1 Å². The molecule has 0 bridgehead atoms. The average Bonchev–Trinajstić information content (AvgIpc) is 3.26. The van der Waals surface area contributed by atoms with Gasteiger partial charge in [-0.05, 0) is 67.1 Å². The number of ether oxygens (including phenoxy) is 1. The van der Waals surface area contributed by atoms with Crippen molar-refractivity contribution in [2.45, 2.75) is 27.4 Å². The predicted octanol–water partition coefficient (Wildman–Crippen LogP) is 6.11. The molecular formula is C22H20N2O2S2. The van der Waals surface area contributed by atoms with Crippen LogP contribution in [0.5, 0.6) is 5.75 Å². The van der Waals surface area contributed by atoms with Gasteiger partial charge in [0.25, 0.3) is 5.91 Å². The predicted molar refractivity (Wildman–Crippen MR) is 117 cm³/mol. The highest BCUT2D eigenvalue weighted by atomic mass is 32.1. The Morgan fingerprint density at radius 3 is 2.64 bits per heavy atom. The number of carbonyl (C=O) groups is 1. The van der Waals surface area contributed by atoms with Crippen LogP contribution in [-0.2, 0) is 6.61 Å². The standard InChI is InChI=1S/C22H20N2O2S2/c1-13-7-14(2)9-17(8-13)26-11-16-10-19(27-12-16)21(25)24-22-23-20-15(3)5-4-6-18(20)28-22/h4-10,12H,11H2,1-3H3,(H,23,24,25). The normalized spacial score (nSPS) is 11.0. The van der Waals surface area contributed by atoms with E-state index in [-0.39, 0.29) is 5.91 Å². The third-order valence-corrected chi connectivity index (χ3v) is 6.23. The van der Waals surface area contributed by atoms with Crippen LogP contribution < -0.4 is 10.1 Å². The molecule has 142 valence electrons. The number of thiazole rings is 1. The summed E-state index contributed by atoms with van der Waals surface area (Å²) in [7, 11) is 0. The highest BCUT2D eigenvalue weighted by molar-refractivity contribution is 7.22. The first-order valence-corrected chi connectivity index (χ1v) is 10.6. The van der Waals surface area contributed by atoms with Crippen LogP contribution >= 0.6 is 22.7 Å². The van der Waals surface area contributed by atoms with E-state index >= 15 is 0 Å². The quantitative estimate of drug-likeness (QED) is 0.433. The maximum Gasteiger partial charge on any atom is 0.267 e. The summed E-state index contributed by atoms with van der Waals surface area (Å²) in [6.45, 7) is 6.56. The summed E-state index contributed by atoms with van der Waals surface area (Å²) in [6.07, 6.45) is 0. The minimum atomic E-state index is -0.139. The fourth-order valence-electron chi connectivity index (χ4n) is 3.05. The van der Waals surface area contributed by atoms with E-state index in [2.05, 4.69) is 30.2 Å². The molecule has 0 fully saturated rings. The highest BCUT2D eigenvalue weighted by Crippen LogP contribution is 2.29. The molecule has 0 unspecified atom stereocenters. The van der Waals surface area contributed by atoms with E-state index in [1.165, 1.54) is 33.8 Å². The second-order valence-electron chi connectivity index (χ2n) is 6.83. The third kappa shape index (κ3) is 4.08. The number of aryl methyl sites for hydroxylation is 3. The summed E-state index contributed by atoms with van der Waals surface area (Å²) in [5.74, 6) is 0.707. The number of benzene rings is 2. The number of fused-ring (bicyclic) bond motifs is 1. The number of carbonyl (C=O) groups excluding carboxylic acids is 1. The second-order valence-corrected chi connectivity index (χ2v) is 8.77. The number of nitrogens with zero attached hydrogens (tertiary/aromatic N) is 1. The van der Waals surface area contributed by atoms with Gasteiger partial charge in [0.2, 0.25) is 0 Å². The van der Waals surface area contributed by atoms with Crippen molar-refractivity contribution in [3.05, 3.63) is 75.0 Å². The van der Waals surface area contributed by atoms with Crippen LogP contribution in [0.2, 0.25) is 0 Å². The molecule has 0 aliphatic rings. The van der Waals surface area contributed by atoms with Crippen LogP contribution in [0.25, 0.3) is 10.2 Å². The van der Waals surface area contributed by atoms with Gasteiger partial charge in [0.1, 0.15) is 12.4 Å². The lowest BCUT2D eigenvalue weighted by molar-refractivity contribution is 0.103. The number of nitrogens with one attached hydrogen (secondary N) is 1. The largest absolute Gasteiger partial charge is 0.489 e. The Hall–Kier alpha value is -2.70. The first-order chi connectivity index (χ1) is 13.5. The van der Waals surface area contributed by atoms with E-state index in [0.29, 0.717) is 16.6 Å². The monoisotopic (exact) mass is 408 g/mol. The first kappa shape index (κ1) is 18.7. The summed E-state index contributed by atoms with van der Waals surface area (Å²) >= 11 is 2.90. The minimum Gasteiger partial charge on any atom is -0.489 e. The molecule has 2 aromatic carbocycles. The lowest BCUT2D eigenvalue weighted by atomic mass is 10.1. The smallest absolute Gasteiger partial charge is 0.267 e. The Labute approximate surface area is 171 Å². The molecule has 0 radical (unpaired) electrons. The topological polar surface area (TPSA) is 51.2 Å². The molecule has 2 aromatic heterocycles. The molecule has 0 saturated carbocycles. The number of amides is 1. The Morgan fingerprint density at radius 2 is 1.89 bits per heavy atom. The van der Waals surface area contributed by atoms with Crippen LogP contribution in [-0.4, -0.2) is 10.9 Å². The van der Waals surface area contributed by atoms with Crippen molar-refractivity contribution in [1.29, 1.82) is 0 Å². The number of para-hydroxylation sites is 1. The van der Waals surface area contributed by atoms with Crippen LogP contribution in [0.4, 0.5) is 5.13 Å². The number of hydrogen-bond acceptors (Lipinski definition) is 5. The lowest BCUT2D eigenvalue weighted by Crippen LogP contribution is -2.09. The Morgan fingerprint density at radius 1 is 1.11 bits per heavy atom. The van der Waals surface area contributed by atoms with Crippen LogP contribution in [0.3, 0.4) is 0 Å². The summed E-state index contributed by atoms with van der Waals surface area (Å²) in [4.78, 5) is 17.8. The Bertz CT molecular complexity index is 1140. The Balaban J connectivity index is 1.42. The molecule has 0 spiro atoms.